The highest BCUT2D eigenvalue weighted by atomic mass is 79.9. The summed E-state index contributed by atoms with van der Waals surface area (Å²) in [7, 11) is 1.61. The van der Waals surface area contributed by atoms with Crippen LogP contribution in [0.3, 0.4) is 0 Å². The number of amides is 1. The summed E-state index contributed by atoms with van der Waals surface area (Å²) in [6.45, 7) is 0.750. The van der Waals surface area contributed by atoms with Crippen LogP contribution >= 0.6 is 15.9 Å². The van der Waals surface area contributed by atoms with E-state index in [0.29, 0.717) is 30.4 Å². The molecule has 0 spiro atoms. The average molecular weight is 656 g/mol. The van der Waals surface area contributed by atoms with E-state index in [1.165, 1.54) is 0 Å². The van der Waals surface area contributed by atoms with Crippen molar-refractivity contribution in [3.8, 4) is 11.5 Å². The van der Waals surface area contributed by atoms with E-state index >= 15 is 0 Å². The number of carbonyl (C=O) groups is 1. The average Bonchev–Trinajstić information content (AvgIpc) is 3.45. The third kappa shape index (κ3) is 7.21. The molecule has 0 fully saturated rings. The molecule has 5 rings (SSSR count). The zero-order valence-corrected chi connectivity index (χ0v) is 26.1. The van der Waals surface area contributed by atoms with Crippen LogP contribution in [0.2, 0.25) is 0 Å². The molecule has 1 aliphatic rings. The molecule has 8 heteroatoms. The topological polar surface area (TPSA) is 89.4 Å². The molecule has 4 aromatic carbocycles. The van der Waals surface area contributed by atoms with Crippen LogP contribution < -0.4 is 14.8 Å². The first-order valence-corrected chi connectivity index (χ1v) is 15.3. The molecule has 1 heterocycles. The molecule has 226 valence electrons. The Kier molecular flexibility index (Phi) is 10.5. The summed E-state index contributed by atoms with van der Waals surface area (Å²) in [4.78, 5) is 19.5. The van der Waals surface area contributed by atoms with E-state index in [2.05, 4.69) is 21.2 Å². The summed E-state index contributed by atoms with van der Waals surface area (Å²) in [6, 6.07) is 32.7. The van der Waals surface area contributed by atoms with Gasteiger partial charge in [-0.05, 0) is 42.0 Å². The molecule has 1 aliphatic heterocycles. The predicted molar refractivity (Wildman–Crippen MR) is 176 cm³/mol. The smallest absolute Gasteiger partial charge is 0.252 e. The summed E-state index contributed by atoms with van der Waals surface area (Å²) >= 11 is 3.69. The van der Waals surface area contributed by atoms with Crippen LogP contribution in [-0.2, 0) is 16.1 Å². The number of methoxy groups -OCH3 is 1. The molecule has 0 bridgehead atoms. The Morgan fingerprint density at radius 3 is 2.48 bits per heavy atom. The number of rotatable bonds is 13. The molecular formula is C36H35BrN2O5. The largest absolute Gasteiger partial charge is 0.496 e. The standard InChI is InChI=1S/C36H35BrN2O5/c1-42-32-17-8-5-14-28(32)25-38-35(41)36(22-9-13-26-11-3-2-4-12-26)33(30-15-6-7-16-31(30)37)44-34(39-36)27-18-20-29(21-19-27)43-24-10-23-40/h2-9,11-21,33,40H,10,22-25H2,1H3,(H,38,41)/b13-9+/t33-,36-/m1/s1. The fraction of sp³-hybridized carbons (Fsp3) is 0.222. The minimum Gasteiger partial charge on any atom is -0.496 e. The highest BCUT2D eigenvalue weighted by Crippen LogP contribution is 2.45. The van der Waals surface area contributed by atoms with E-state index in [4.69, 9.17) is 24.3 Å². The molecular weight excluding hydrogens is 620 g/mol. The number of aliphatic hydroxyl groups is 1. The van der Waals surface area contributed by atoms with Crippen LogP contribution in [0.1, 0.15) is 41.2 Å². The monoisotopic (exact) mass is 654 g/mol. The third-order valence-corrected chi connectivity index (χ3v) is 8.11. The van der Waals surface area contributed by atoms with Gasteiger partial charge in [0.15, 0.2) is 11.6 Å². The minimum atomic E-state index is -1.32. The Balaban J connectivity index is 1.54. The van der Waals surface area contributed by atoms with Crippen LogP contribution in [0, 0.1) is 0 Å². The molecule has 2 N–H and O–H groups in total. The number of para-hydroxylation sites is 1. The molecule has 1 amide bonds. The van der Waals surface area contributed by atoms with E-state index in [1.807, 2.05) is 115 Å². The number of hydrogen-bond acceptors (Lipinski definition) is 6. The number of ether oxygens (including phenoxy) is 3. The first-order chi connectivity index (χ1) is 21.5. The first kappa shape index (κ1) is 31.0. The molecule has 44 heavy (non-hydrogen) atoms. The van der Waals surface area contributed by atoms with Crippen molar-refractivity contribution in [2.75, 3.05) is 20.3 Å². The molecule has 2 atom stereocenters. The van der Waals surface area contributed by atoms with Crippen molar-refractivity contribution in [1.82, 2.24) is 5.32 Å². The van der Waals surface area contributed by atoms with Gasteiger partial charge in [-0.1, -0.05) is 94.8 Å². The summed E-state index contributed by atoms with van der Waals surface area (Å²) in [6.07, 6.45) is 4.10. The van der Waals surface area contributed by atoms with Gasteiger partial charge in [0.1, 0.15) is 11.5 Å². The number of benzene rings is 4. The van der Waals surface area contributed by atoms with Gasteiger partial charge in [0.2, 0.25) is 5.90 Å². The van der Waals surface area contributed by atoms with Gasteiger partial charge < -0.3 is 24.6 Å². The van der Waals surface area contributed by atoms with Crippen molar-refractivity contribution in [3.05, 3.63) is 136 Å². The molecule has 0 saturated heterocycles. The van der Waals surface area contributed by atoms with E-state index in [1.54, 1.807) is 7.11 Å². The van der Waals surface area contributed by atoms with Gasteiger partial charge in [0.25, 0.3) is 5.91 Å². The zero-order valence-electron chi connectivity index (χ0n) is 24.5. The second kappa shape index (κ2) is 14.9. The highest BCUT2D eigenvalue weighted by molar-refractivity contribution is 9.10. The number of aliphatic imine (C=N–C) groups is 1. The summed E-state index contributed by atoms with van der Waals surface area (Å²) in [5.41, 5.74) is 2.10. The molecule has 0 aromatic heterocycles. The normalized spacial score (nSPS) is 17.6. The van der Waals surface area contributed by atoms with Crippen LogP contribution in [0.25, 0.3) is 6.08 Å². The number of hydrogen-bond donors (Lipinski definition) is 2. The van der Waals surface area contributed by atoms with Crippen molar-refractivity contribution in [1.29, 1.82) is 0 Å². The van der Waals surface area contributed by atoms with Crippen molar-refractivity contribution >= 4 is 33.8 Å². The van der Waals surface area contributed by atoms with Gasteiger partial charge in [0.05, 0.1) is 13.7 Å². The molecule has 0 saturated carbocycles. The second-order valence-electron chi connectivity index (χ2n) is 10.3. The van der Waals surface area contributed by atoms with Crippen molar-refractivity contribution in [2.45, 2.75) is 31.0 Å². The molecule has 0 radical (unpaired) electrons. The Morgan fingerprint density at radius 1 is 1.00 bits per heavy atom. The van der Waals surface area contributed by atoms with E-state index < -0.39 is 11.6 Å². The minimum absolute atomic E-state index is 0.0685. The van der Waals surface area contributed by atoms with Gasteiger partial charge in [-0.3, -0.25) is 4.79 Å². The van der Waals surface area contributed by atoms with Gasteiger partial charge in [-0.15, -0.1) is 0 Å². The quantitative estimate of drug-likeness (QED) is 0.153. The number of nitrogens with one attached hydrogen (secondary N) is 1. The van der Waals surface area contributed by atoms with Crippen LogP contribution in [0.15, 0.2) is 119 Å². The molecule has 0 aliphatic carbocycles. The fourth-order valence-corrected chi connectivity index (χ4v) is 5.59. The van der Waals surface area contributed by atoms with Crippen LogP contribution in [0.4, 0.5) is 0 Å². The third-order valence-electron chi connectivity index (χ3n) is 7.39. The SMILES string of the molecule is COc1ccccc1CNC(=O)[C@]1(C/C=C/c2ccccc2)N=C(c2ccc(OCCCO)cc2)O[C@@H]1c1ccccc1Br. The highest BCUT2D eigenvalue weighted by Gasteiger charge is 2.53. The lowest BCUT2D eigenvalue weighted by atomic mass is 9.84. The fourth-order valence-electron chi connectivity index (χ4n) is 5.10. The van der Waals surface area contributed by atoms with Gasteiger partial charge in [-0.2, -0.15) is 0 Å². The summed E-state index contributed by atoms with van der Waals surface area (Å²) in [5, 5.41) is 12.2. The lowest BCUT2D eigenvalue weighted by Gasteiger charge is -2.30. The lowest BCUT2D eigenvalue weighted by molar-refractivity contribution is -0.129. The first-order valence-electron chi connectivity index (χ1n) is 14.5. The molecule has 7 nitrogen and oxygen atoms in total. The van der Waals surface area contributed by atoms with Crippen molar-refractivity contribution in [2.24, 2.45) is 4.99 Å². The second-order valence-corrected chi connectivity index (χ2v) is 11.2. The Labute approximate surface area is 266 Å². The Hall–Kier alpha value is -4.40. The van der Waals surface area contributed by atoms with Crippen molar-refractivity contribution in [3.63, 3.8) is 0 Å². The van der Waals surface area contributed by atoms with E-state index in [0.717, 1.165) is 26.7 Å². The Bertz CT molecular complexity index is 1610. The number of carbonyl (C=O) groups excluding carboxylic acids is 1. The van der Waals surface area contributed by atoms with Crippen LogP contribution in [0.5, 0.6) is 11.5 Å². The molecule has 4 aromatic rings. The maximum Gasteiger partial charge on any atom is 0.252 e. The van der Waals surface area contributed by atoms with Crippen molar-refractivity contribution < 1.29 is 24.1 Å². The van der Waals surface area contributed by atoms with E-state index in [-0.39, 0.29) is 25.5 Å². The van der Waals surface area contributed by atoms with E-state index in [9.17, 15) is 4.79 Å². The number of nitrogens with zero attached hydrogens (tertiary/aromatic N) is 1. The number of aliphatic hydroxyl groups excluding tert-OH is 1. The zero-order chi connectivity index (χ0) is 30.8. The maximum atomic E-state index is 14.4. The predicted octanol–water partition coefficient (Wildman–Crippen LogP) is 6.90. The number of halogens is 1. The maximum absolute atomic E-state index is 14.4. The van der Waals surface area contributed by atoms with Gasteiger partial charge in [0, 0.05) is 47.2 Å². The van der Waals surface area contributed by atoms with Gasteiger partial charge >= 0.3 is 0 Å². The lowest BCUT2D eigenvalue weighted by Crippen LogP contribution is -2.47. The van der Waals surface area contributed by atoms with Gasteiger partial charge in [-0.25, -0.2) is 4.99 Å². The molecule has 0 unspecified atom stereocenters. The summed E-state index contributed by atoms with van der Waals surface area (Å²) < 4.78 is 18.7. The summed E-state index contributed by atoms with van der Waals surface area (Å²) in [5.74, 6) is 1.48. The van der Waals surface area contributed by atoms with Crippen LogP contribution in [-0.4, -0.2) is 42.8 Å². The Morgan fingerprint density at radius 2 is 1.73 bits per heavy atom.